The zero-order valence-corrected chi connectivity index (χ0v) is 22.6. The number of rotatable bonds is 6. The van der Waals surface area contributed by atoms with Crippen LogP contribution in [0, 0.1) is 5.82 Å². The van der Waals surface area contributed by atoms with Gasteiger partial charge < -0.3 is 10.4 Å². The number of aromatic nitrogens is 6. The summed E-state index contributed by atoms with van der Waals surface area (Å²) in [5.41, 5.74) is 0.926. The summed E-state index contributed by atoms with van der Waals surface area (Å²) in [4.78, 5) is 48.6. The molecule has 2 fully saturated rings. The second-order valence-corrected chi connectivity index (χ2v) is 11.7. The molecule has 1 amide bonds. The topological polar surface area (TPSA) is 136 Å². The summed E-state index contributed by atoms with van der Waals surface area (Å²) in [7, 11) is 0. The molecule has 11 nitrogen and oxygen atoms in total. The molecule has 1 saturated heterocycles. The highest BCUT2D eigenvalue weighted by Gasteiger charge is 2.30. The number of carbonyl (C=O) groups excluding carboxylic acids is 1. The van der Waals surface area contributed by atoms with Crippen LogP contribution in [0.3, 0.4) is 0 Å². The van der Waals surface area contributed by atoms with Gasteiger partial charge >= 0.3 is 5.69 Å². The van der Waals surface area contributed by atoms with E-state index in [1.807, 2.05) is 11.8 Å². The molecule has 4 aromatic rings. The van der Waals surface area contributed by atoms with Crippen LogP contribution in [0.25, 0.3) is 16.7 Å². The van der Waals surface area contributed by atoms with Gasteiger partial charge in [0.1, 0.15) is 11.5 Å². The number of aliphatic hydroxyl groups is 1. The van der Waals surface area contributed by atoms with Crippen LogP contribution in [0.4, 0.5) is 4.39 Å². The summed E-state index contributed by atoms with van der Waals surface area (Å²) in [6.45, 7) is -0.00282. The summed E-state index contributed by atoms with van der Waals surface area (Å²) in [5, 5.41) is 16.6. The lowest BCUT2D eigenvalue weighted by Crippen LogP contribution is -2.46. The standard InChI is InChI=1S/C27H30FN7O4S/c28-17-11-21-24(30-14-17)34(20-6-9-40-10-7-20)27(39)35(26(21)38)19-3-1-18(2-4-19)31-25(37)22-12-23-29-13-16(5-8-36)15-33(23)32-22/h11-15,18-20,36H,1-10H2,(H,31,37). The Morgan fingerprint density at radius 1 is 1.02 bits per heavy atom. The van der Waals surface area contributed by atoms with Gasteiger partial charge in [0, 0.05) is 43.2 Å². The Kier molecular flexibility index (Phi) is 7.41. The Morgan fingerprint density at radius 2 is 1.77 bits per heavy atom. The maximum Gasteiger partial charge on any atom is 0.333 e. The molecule has 0 bridgehead atoms. The van der Waals surface area contributed by atoms with Crippen molar-refractivity contribution in [1.29, 1.82) is 0 Å². The fourth-order valence-corrected chi connectivity index (χ4v) is 6.90. The lowest BCUT2D eigenvalue weighted by atomic mass is 9.90. The molecule has 210 valence electrons. The zero-order valence-electron chi connectivity index (χ0n) is 21.8. The van der Waals surface area contributed by atoms with Crippen LogP contribution in [0.5, 0.6) is 0 Å². The predicted molar refractivity (Wildman–Crippen MR) is 148 cm³/mol. The van der Waals surface area contributed by atoms with E-state index in [4.69, 9.17) is 5.11 Å². The smallest absolute Gasteiger partial charge is 0.333 e. The minimum absolute atomic E-state index is 0.00282. The molecule has 4 aromatic heterocycles. The second-order valence-electron chi connectivity index (χ2n) is 10.4. The molecule has 0 unspecified atom stereocenters. The van der Waals surface area contributed by atoms with Gasteiger partial charge in [-0.3, -0.25) is 18.7 Å². The molecule has 2 N–H and O–H groups in total. The van der Waals surface area contributed by atoms with Crippen molar-refractivity contribution < 1.29 is 14.3 Å². The Labute approximate surface area is 232 Å². The maximum absolute atomic E-state index is 14.1. The van der Waals surface area contributed by atoms with E-state index in [1.54, 1.807) is 23.0 Å². The Bertz CT molecular complexity index is 1690. The highest BCUT2D eigenvalue weighted by molar-refractivity contribution is 7.99. The van der Waals surface area contributed by atoms with Crippen LogP contribution in [0.1, 0.15) is 66.7 Å². The van der Waals surface area contributed by atoms with Crippen LogP contribution < -0.4 is 16.6 Å². The molecule has 1 aliphatic carbocycles. The van der Waals surface area contributed by atoms with Gasteiger partial charge in [-0.2, -0.15) is 16.9 Å². The van der Waals surface area contributed by atoms with Crippen molar-refractivity contribution in [3.8, 4) is 0 Å². The molecule has 2 aliphatic rings. The van der Waals surface area contributed by atoms with Gasteiger partial charge in [-0.15, -0.1) is 0 Å². The van der Waals surface area contributed by atoms with Crippen molar-refractivity contribution in [2.45, 2.75) is 63.1 Å². The molecule has 0 spiro atoms. The van der Waals surface area contributed by atoms with E-state index in [0.29, 0.717) is 37.8 Å². The number of aliphatic hydroxyl groups excluding tert-OH is 1. The van der Waals surface area contributed by atoms with Gasteiger partial charge in [-0.05, 0) is 68.1 Å². The number of fused-ring (bicyclic) bond motifs is 2. The molecule has 6 rings (SSSR count). The van der Waals surface area contributed by atoms with Gasteiger partial charge in [0.25, 0.3) is 11.5 Å². The average molecular weight is 568 g/mol. The fraction of sp³-hybridized carbons (Fsp3) is 0.481. The van der Waals surface area contributed by atoms with E-state index in [2.05, 4.69) is 20.4 Å². The second kappa shape index (κ2) is 11.1. The van der Waals surface area contributed by atoms with Gasteiger partial charge in [-0.25, -0.2) is 23.7 Å². The summed E-state index contributed by atoms with van der Waals surface area (Å²) < 4.78 is 18.6. The number of nitrogens with one attached hydrogen (secondary N) is 1. The third kappa shape index (κ3) is 5.03. The summed E-state index contributed by atoms with van der Waals surface area (Å²) in [6.07, 6.45) is 8.66. The van der Waals surface area contributed by atoms with Crippen LogP contribution in [-0.2, 0) is 6.42 Å². The molecule has 5 heterocycles. The Hall–Kier alpha value is -3.58. The van der Waals surface area contributed by atoms with Crippen LogP contribution in [-0.4, -0.2) is 63.9 Å². The molecule has 1 aliphatic heterocycles. The molecule has 0 aromatic carbocycles. The van der Waals surface area contributed by atoms with Crippen molar-refractivity contribution in [2.75, 3.05) is 18.1 Å². The number of amides is 1. The average Bonchev–Trinajstić information content (AvgIpc) is 3.39. The summed E-state index contributed by atoms with van der Waals surface area (Å²) in [6, 6.07) is 2.21. The Morgan fingerprint density at radius 3 is 2.52 bits per heavy atom. The molecule has 1 saturated carbocycles. The minimum atomic E-state index is -0.612. The number of pyridine rings is 1. The SMILES string of the molecule is O=C(NC1CCC(n2c(=O)c3cc(F)cnc3n(C3CCSCC3)c2=O)CC1)c1cc2ncc(CCO)cn2n1. The van der Waals surface area contributed by atoms with E-state index in [-0.39, 0.29) is 47.4 Å². The normalized spacial score (nSPS) is 20.2. The monoisotopic (exact) mass is 567 g/mol. The van der Waals surface area contributed by atoms with Crippen LogP contribution in [0.15, 0.2) is 40.3 Å². The lowest BCUT2D eigenvalue weighted by molar-refractivity contribution is 0.0916. The van der Waals surface area contributed by atoms with E-state index < -0.39 is 17.1 Å². The van der Waals surface area contributed by atoms with E-state index in [1.165, 1.54) is 15.1 Å². The zero-order chi connectivity index (χ0) is 27.8. The molecule has 13 heteroatoms. The van der Waals surface area contributed by atoms with Crippen molar-refractivity contribution in [1.82, 2.24) is 34.0 Å². The number of carbonyl (C=O) groups is 1. The molecular weight excluding hydrogens is 537 g/mol. The number of halogens is 1. The summed E-state index contributed by atoms with van der Waals surface area (Å²) in [5.74, 6) is 0.893. The summed E-state index contributed by atoms with van der Waals surface area (Å²) >= 11 is 1.83. The molecule has 40 heavy (non-hydrogen) atoms. The van der Waals surface area contributed by atoms with Gasteiger partial charge in [0.2, 0.25) is 0 Å². The molecular formula is C27H30FN7O4S. The minimum Gasteiger partial charge on any atom is -0.396 e. The van der Waals surface area contributed by atoms with Crippen LogP contribution >= 0.6 is 11.8 Å². The van der Waals surface area contributed by atoms with E-state index >= 15 is 0 Å². The van der Waals surface area contributed by atoms with Gasteiger partial charge in [0.15, 0.2) is 11.3 Å². The molecule has 0 radical (unpaired) electrons. The number of hydrogen-bond donors (Lipinski definition) is 2. The van der Waals surface area contributed by atoms with E-state index in [0.717, 1.165) is 36.1 Å². The van der Waals surface area contributed by atoms with Gasteiger partial charge in [-0.1, -0.05) is 0 Å². The third-order valence-electron chi connectivity index (χ3n) is 7.88. The third-order valence-corrected chi connectivity index (χ3v) is 8.92. The van der Waals surface area contributed by atoms with E-state index in [9.17, 15) is 18.8 Å². The number of hydrogen-bond acceptors (Lipinski definition) is 8. The first-order chi connectivity index (χ1) is 19.4. The number of thioether (sulfide) groups is 1. The highest BCUT2D eigenvalue weighted by Crippen LogP contribution is 2.30. The highest BCUT2D eigenvalue weighted by atomic mass is 32.2. The number of nitrogens with zero attached hydrogens (tertiary/aromatic N) is 6. The predicted octanol–water partition coefficient (Wildman–Crippen LogP) is 2.26. The van der Waals surface area contributed by atoms with Crippen LogP contribution in [0.2, 0.25) is 0 Å². The molecule has 0 atom stereocenters. The fourth-order valence-electron chi connectivity index (χ4n) is 5.82. The first kappa shape index (κ1) is 26.6. The first-order valence-electron chi connectivity index (χ1n) is 13.6. The van der Waals surface area contributed by atoms with Crippen molar-refractivity contribution >= 4 is 34.3 Å². The Balaban J connectivity index is 1.21. The first-order valence-corrected chi connectivity index (χ1v) is 14.7. The van der Waals surface area contributed by atoms with Crippen molar-refractivity contribution in [2.24, 2.45) is 0 Å². The van der Waals surface area contributed by atoms with Crippen molar-refractivity contribution in [3.05, 3.63) is 68.6 Å². The lowest BCUT2D eigenvalue weighted by Gasteiger charge is -2.31. The quantitative estimate of drug-likeness (QED) is 0.362. The maximum atomic E-state index is 14.1. The van der Waals surface area contributed by atoms with Gasteiger partial charge in [0.05, 0.1) is 11.6 Å². The van der Waals surface area contributed by atoms with Crippen molar-refractivity contribution in [3.63, 3.8) is 0 Å². The largest absolute Gasteiger partial charge is 0.396 e.